The second-order valence-corrected chi connectivity index (χ2v) is 7.22. The van der Waals surface area contributed by atoms with E-state index in [-0.39, 0.29) is 18.4 Å². The summed E-state index contributed by atoms with van der Waals surface area (Å²) < 4.78 is 5.48. The molecule has 3 aromatic rings. The molecule has 0 aromatic heterocycles. The van der Waals surface area contributed by atoms with Gasteiger partial charge in [-0.25, -0.2) is 5.43 Å². The first kappa shape index (κ1) is 21.1. The van der Waals surface area contributed by atoms with Crippen LogP contribution in [0.3, 0.4) is 0 Å². The summed E-state index contributed by atoms with van der Waals surface area (Å²) in [5, 5.41) is 6.72. The summed E-state index contributed by atoms with van der Waals surface area (Å²) in [6, 6.07) is 26.0. The Bertz CT molecular complexity index is 978. The van der Waals surface area contributed by atoms with Gasteiger partial charge in [0.15, 0.2) is 6.61 Å². The van der Waals surface area contributed by atoms with Gasteiger partial charge in [0.05, 0.1) is 12.0 Å². The number of rotatable bonds is 9. The average Bonchev–Trinajstić information content (AvgIpc) is 2.78. The molecule has 0 fully saturated rings. The minimum absolute atomic E-state index is 0.0858. The third-order valence-electron chi connectivity index (χ3n) is 3.82. The molecule has 0 aliphatic rings. The summed E-state index contributed by atoms with van der Waals surface area (Å²) in [4.78, 5) is 24.8. The highest BCUT2D eigenvalue weighted by Gasteiger charge is 2.04. The quantitative estimate of drug-likeness (QED) is 0.313. The lowest BCUT2D eigenvalue weighted by molar-refractivity contribution is -0.119. The van der Waals surface area contributed by atoms with E-state index in [1.165, 1.54) is 11.8 Å². The number of benzene rings is 3. The van der Waals surface area contributed by atoms with E-state index in [1.807, 2.05) is 60.7 Å². The van der Waals surface area contributed by atoms with Gasteiger partial charge in [0.25, 0.3) is 5.91 Å². The Morgan fingerprint density at radius 2 is 1.53 bits per heavy atom. The Balaban J connectivity index is 1.38. The van der Waals surface area contributed by atoms with Crippen molar-refractivity contribution >= 4 is 35.5 Å². The van der Waals surface area contributed by atoms with Gasteiger partial charge in [-0.3, -0.25) is 9.59 Å². The monoisotopic (exact) mass is 419 g/mol. The van der Waals surface area contributed by atoms with Gasteiger partial charge >= 0.3 is 0 Å². The van der Waals surface area contributed by atoms with Gasteiger partial charge in [-0.2, -0.15) is 5.10 Å². The van der Waals surface area contributed by atoms with Crippen LogP contribution in [0.4, 0.5) is 5.69 Å². The highest BCUT2D eigenvalue weighted by atomic mass is 32.2. The number of nitrogens with one attached hydrogen (secondary N) is 2. The van der Waals surface area contributed by atoms with Crippen molar-refractivity contribution in [2.24, 2.45) is 5.10 Å². The fraction of sp³-hybridized carbons (Fsp3) is 0.0870. The van der Waals surface area contributed by atoms with Crippen LogP contribution in [0.15, 0.2) is 94.9 Å². The molecule has 6 nitrogen and oxygen atoms in total. The van der Waals surface area contributed by atoms with Crippen LogP contribution in [-0.4, -0.2) is 30.4 Å². The molecule has 2 amide bonds. The van der Waals surface area contributed by atoms with Crippen molar-refractivity contribution in [1.29, 1.82) is 0 Å². The average molecular weight is 420 g/mol. The van der Waals surface area contributed by atoms with E-state index in [2.05, 4.69) is 15.8 Å². The highest BCUT2D eigenvalue weighted by molar-refractivity contribution is 8.00. The van der Waals surface area contributed by atoms with E-state index in [0.717, 1.165) is 16.1 Å². The molecule has 3 aromatic carbocycles. The fourth-order valence-electron chi connectivity index (χ4n) is 2.39. The topological polar surface area (TPSA) is 79.8 Å². The lowest BCUT2D eigenvalue weighted by Gasteiger charge is -2.07. The Kier molecular flexibility index (Phi) is 8.05. The molecule has 30 heavy (non-hydrogen) atoms. The molecular formula is C23H21N3O3S. The lowest BCUT2D eigenvalue weighted by Crippen LogP contribution is -2.20. The van der Waals surface area contributed by atoms with Gasteiger partial charge in [-0.1, -0.05) is 36.4 Å². The molecule has 2 N–H and O–H groups in total. The van der Waals surface area contributed by atoms with Gasteiger partial charge in [-0.05, 0) is 54.1 Å². The predicted molar refractivity (Wildman–Crippen MR) is 120 cm³/mol. The second-order valence-electron chi connectivity index (χ2n) is 6.17. The number of ether oxygens (including phenoxy) is 1. The maximum atomic E-state index is 11.9. The van der Waals surface area contributed by atoms with E-state index in [9.17, 15) is 9.59 Å². The maximum Gasteiger partial charge on any atom is 0.262 e. The molecule has 0 heterocycles. The Labute approximate surface area is 179 Å². The van der Waals surface area contributed by atoms with Crippen molar-refractivity contribution in [1.82, 2.24) is 5.43 Å². The third kappa shape index (κ3) is 7.44. The van der Waals surface area contributed by atoms with Crippen molar-refractivity contribution in [3.8, 4) is 5.75 Å². The molecule has 0 atom stereocenters. The number of hydrazone groups is 1. The zero-order chi connectivity index (χ0) is 21.0. The summed E-state index contributed by atoms with van der Waals surface area (Å²) in [6.45, 7) is -0.0858. The van der Waals surface area contributed by atoms with Crippen LogP contribution in [0, 0.1) is 0 Å². The highest BCUT2D eigenvalue weighted by Crippen LogP contribution is 2.16. The third-order valence-corrected chi connectivity index (χ3v) is 4.84. The van der Waals surface area contributed by atoms with Crippen molar-refractivity contribution < 1.29 is 14.3 Å². The zero-order valence-corrected chi connectivity index (χ0v) is 17.0. The Hall–Kier alpha value is -3.58. The molecule has 0 aliphatic heterocycles. The minimum atomic E-state index is -0.233. The summed E-state index contributed by atoms with van der Waals surface area (Å²) in [7, 11) is 0. The smallest absolute Gasteiger partial charge is 0.262 e. The predicted octanol–water partition coefficient (Wildman–Crippen LogP) is 3.95. The maximum absolute atomic E-state index is 11.9. The largest absolute Gasteiger partial charge is 0.484 e. The zero-order valence-electron chi connectivity index (χ0n) is 16.2. The molecule has 0 saturated heterocycles. The van der Waals surface area contributed by atoms with Crippen LogP contribution in [0.2, 0.25) is 0 Å². The Morgan fingerprint density at radius 3 is 2.23 bits per heavy atom. The van der Waals surface area contributed by atoms with E-state index in [1.54, 1.807) is 30.5 Å². The molecule has 0 aliphatic carbocycles. The summed E-state index contributed by atoms with van der Waals surface area (Å²) in [5.41, 5.74) is 4.03. The minimum Gasteiger partial charge on any atom is -0.484 e. The van der Waals surface area contributed by atoms with Gasteiger partial charge in [0.2, 0.25) is 5.91 Å². The second kappa shape index (κ2) is 11.4. The number of hydrogen-bond donors (Lipinski definition) is 2. The fourth-order valence-corrected chi connectivity index (χ4v) is 3.11. The van der Waals surface area contributed by atoms with Gasteiger partial charge < -0.3 is 10.1 Å². The number of hydrogen-bond acceptors (Lipinski definition) is 5. The van der Waals surface area contributed by atoms with Crippen molar-refractivity contribution in [2.45, 2.75) is 4.90 Å². The van der Waals surface area contributed by atoms with E-state index < -0.39 is 0 Å². The van der Waals surface area contributed by atoms with Crippen molar-refractivity contribution in [3.63, 3.8) is 0 Å². The van der Waals surface area contributed by atoms with Gasteiger partial charge in [0.1, 0.15) is 5.75 Å². The lowest BCUT2D eigenvalue weighted by atomic mass is 10.2. The van der Waals surface area contributed by atoms with Crippen LogP contribution >= 0.6 is 11.8 Å². The van der Waals surface area contributed by atoms with Crippen LogP contribution < -0.4 is 15.5 Å². The number of carbonyl (C=O) groups is 2. The Morgan fingerprint density at radius 1 is 0.867 bits per heavy atom. The van der Waals surface area contributed by atoms with Crippen LogP contribution in [0.25, 0.3) is 0 Å². The molecule has 0 radical (unpaired) electrons. The van der Waals surface area contributed by atoms with E-state index >= 15 is 0 Å². The van der Waals surface area contributed by atoms with Crippen LogP contribution in [0.5, 0.6) is 5.75 Å². The number of thioether (sulfide) groups is 1. The number of nitrogens with zero attached hydrogens (tertiary/aromatic N) is 1. The van der Waals surface area contributed by atoms with Gasteiger partial charge in [-0.15, -0.1) is 11.8 Å². The first-order chi connectivity index (χ1) is 14.7. The van der Waals surface area contributed by atoms with Crippen LogP contribution in [-0.2, 0) is 9.59 Å². The van der Waals surface area contributed by atoms with Crippen molar-refractivity contribution in [3.05, 3.63) is 90.5 Å². The SMILES string of the molecule is O=C(CSc1ccccc1)N/N=C\c1ccc(OCC(=O)Nc2ccccc2)cc1. The number of amides is 2. The molecule has 152 valence electrons. The van der Waals surface area contributed by atoms with E-state index in [0.29, 0.717) is 11.5 Å². The first-order valence-corrected chi connectivity index (χ1v) is 10.2. The van der Waals surface area contributed by atoms with Crippen LogP contribution in [0.1, 0.15) is 5.56 Å². The number of para-hydroxylation sites is 1. The molecular weight excluding hydrogens is 398 g/mol. The van der Waals surface area contributed by atoms with Crippen molar-refractivity contribution in [2.75, 3.05) is 17.7 Å². The number of anilines is 1. The molecule has 0 unspecified atom stereocenters. The molecule has 0 bridgehead atoms. The molecule has 3 rings (SSSR count). The molecule has 0 saturated carbocycles. The standard InChI is InChI=1S/C23H21N3O3S/c27-22(25-19-7-3-1-4-8-19)16-29-20-13-11-18(12-14-20)15-24-26-23(28)17-30-21-9-5-2-6-10-21/h1-15H,16-17H2,(H,25,27)(H,26,28)/b24-15-. The molecule has 0 spiro atoms. The summed E-state index contributed by atoms with van der Waals surface area (Å²) >= 11 is 1.45. The number of carbonyl (C=O) groups excluding carboxylic acids is 2. The normalized spacial score (nSPS) is 10.5. The summed E-state index contributed by atoms with van der Waals surface area (Å²) in [5.74, 6) is 0.449. The first-order valence-electron chi connectivity index (χ1n) is 9.26. The summed E-state index contributed by atoms with van der Waals surface area (Å²) in [6.07, 6.45) is 1.55. The molecule has 7 heteroatoms. The van der Waals surface area contributed by atoms with Gasteiger partial charge in [0, 0.05) is 10.6 Å². The van der Waals surface area contributed by atoms with E-state index in [4.69, 9.17) is 4.74 Å².